The Labute approximate surface area is 128 Å². The largest absolute Gasteiger partial charge is 0.399 e. The average molecular weight is 314 g/mol. The van der Waals surface area contributed by atoms with Crippen molar-refractivity contribution in [1.29, 1.82) is 0 Å². The highest BCUT2D eigenvalue weighted by atomic mass is 19.4. The molecule has 0 aromatic heterocycles. The van der Waals surface area contributed by atoms with Crippen LogP contribution in [-0.4, -0.2) is 18.1 Å². The van der Waals surface area contributed by atoms with Crippen LogP contribution in [0.4, 0.5) is 18.9 Å². The summed E-state index contributed by atoms with van der Waals surface area (Å²) in [5.74, 6) is -1.51. The number of nitrogens with one attached hydrogen (secondary N) is 1. The summed E-state index contributed by atoms with van der Waals surface area (Å²) in [5.41, 5.74) is 7.31. The van der Waals surface area contributed by atoms with Crippen molar-refractivity contribution < 1.29 is 18.0 Å². The Morgan fingerprint density at radius 3 is 2.68 bits per heavy atom. The summed E-state index contributed by atoms with van der Waals surface area (Å²) in [6.45, 7) is 0. The Balaban J connectivity index is 1.81. The summed E-state index contributed by atoms with van der Waals surface area (Å²) in [6, 6.07) is 6.91. The first-order valence-corrected chi connectivity index (χ1v) is 7.55. The summed E-state index contributed by atoms with van der Waals surface area (Å²) in [5, 5.41) is 2.73. The van der Waals surface area contributed by atoms with E-state index in [2.05, 4.69) is 5.32 Å². The van der Waals surface area contributed by atoms with Crippen LogP contribution in [0.3, 0.4) is 0 Å². The number of hydrogen-bond donors (Lipinski definition) is 2. The SMILES string of the molecule is Nc1ccccc1CCC(=O)NC1CCCC(C(F)(F)F)C1. The highest BCUT2D eigenvalue weighted by molar-refractivity contribution is 5.76. The summed E-state index contributed by atoms with van der Waals surface area (Å²) in [4.78, 5) is 11.9. The Kier molecular flexibility index (Phi) is 5.32. The third-order valence-electron chi connectivity index (χ3n) is 4.18. The van der Waals surface area contributed by atoms with E-state index in [4.69, 9.17) is 5.73 Å². The van der Waals surface area contributed by atoms with E-state index in [1.165, 1.54) is 0 Å². The number of hydrogen-bond acceptors (Lipinski definition) is 2. The Morgan fingerprint density at radius 1 is 1.27 bits per heavy atom. The van der Waals surface area contributed by atoms with Gasteiger partial charge in [0.2, 0.25) is 5.91 Å². The van der Waals surface area contributed by atoms with Gasteiger partial charge >= 0.3 is 6.18 Å². The van der Waals surface area contributed by atoms with Gasteiger partial charge in [0, 0.05) is 18.2 Å². The molecule has 1 aliphatic carbocycles. The van der Waals surface area contributed by atoms with Crippen molar-refractivity contribution >= 4 is 11.6 Å². The van der Waals surface area contributed by atoms with Gasteiger partial charge in [-0.2, -0.15) is 13.2 Å². The first-order chi connectivity index (χ1) is 10.4. The van der Waals surface area contributed by atoms with E-state index in [1.54, 1.807) is 6.07 Å². The topological polar surface area (TPSA) is 55.1 Å². The molecule has 1 aliphatic rings. The molecule has 0 bridgehead atoms. The van der Waals surface area contributed by atoms with Crippen LogP contribution in [0.25, 0.3) is 0 Å². The van der Waals surface area contributed by atoms with Crippen molar-refractivity contribution in [2.45, 2.75) is 50.7 Å². The normalized spacial score (nSPS) is 22.3. The summed E-state index contributed by atoms with van der Waals surface area (Å²) in [6.07, 6.45) is -2.16. The number of halogens is 3. The molecule has 2 atom stereocenters. The van der Waals surface area contributed by atoms with Crippen LogP contribution in [0.2, 0.25) is 0 Å². The Hall–Kier alpha value is -1.72. The lowest BCUT2D eigenvalue weighted by Gasteiger charge is -2.31. The van der Waals surface area contributed by atoms with Gasteiger partial charge in [-0.1, -0.05) is 24.6 Å². The van der Waals surface area contributed by atoms with Crippen molar-refractivity contribution in [3.63, 3.8) is 0 Å². The molecule has 1 aromatic rings. The van der Waals surface area contributed by atoms with Gasteiger partial charge in [0.1, 0.15) is 0 Å². The number of para-hydroxylation sites is 1. The quantitative estimate of drug-likeness (QED) is 0.837. The molecule has 0 spiro atoms. The van der Waals surface area contributed by atoms with Gasteiger partial charge < -0.3 is 11.1 Å². The van der Waals surface area contributed by atoms with Crippen molar-refractivity contribution in [2.24, 2.45) is 5.92 Å². The van der Waals surface area contributed by atoms with Crippen molar-refractivity contribution in [1.82, 2.24) is 5.32 Å². The van der Waals surface area contributed by atoms with Crippen LogP contribution in [0.1, 0.15) is 37.7 Å². The molecule has 122 valence electrons. The lowest BCUT2D eigenvalue weighted by Crippen LogP contribution is -2.41. The van der Waals surface area contributed by atoms with E-state index >= 15 is 0 Å². The fourth-order valence-electron chi connectivity index (χ4n) is 2.93. The smallest absolute Gasteiger partial charge is 0.391 e. The van der Waals surface area contributed by atoms with E-state index in [1.807, 2.05) is 18.2 Å². The zero-order valence-corrected chi connectivity index (χ0v) is 12.3. The molecule has 1 amide bonds. The Bertz CT molecular complexity index is 516. The lowest BCUT2D eigenvalue weighted by molar-refractivity contribution is -0.184. The van der Waals surface area contributed by atoms with Crippen molar-refractivity contribution in [3.05, 3.63) is 29.8 Å². The second kappa shape index (κ2) is 7.03. The number of nitrogen functional groups attached to an aromatic ring is 1. The van der Waals surface area contributed by atoms with Gasteiger partial charge in [-0.3, -0.25) is 4.79 Å². The third kappa shape index (κ3) is 4.64. The second-order valence-electron chi connectivity index (χ2n) is 5.87. The highest BCUT2D eigenvalue weighted by Gasteiger charge is 2.42. The molecule has 1 saturated carbocycles. The number of rotatable bonds is 4. The number of alkyl halides is 3. The van der Waals surface area contributed by atoms with Crippen LogP contribution >= 0.6 is 0 Å². The van der Waals surface area contributed by atoms with E-state index in [9.17, 15) is 18.0 Å². The minimum atomic E-state index is -4.16. The molecule has 0 radical (unpaired) electrons. The maximum absolute atomic E-state index is 12.7. The Morgan fingerprint density at radius 2 is 2.00 bits per heavy atom. The molecular formula is C16H21F3N2O. The van der Waals surface area contributed by atoms with E-state index in [0.29, 0.717) is 24.9 Å². The summed E-state index contributed by atoms with van der Waals surface area (Å²) >= 11 is 0. The van der Waals surface area contributed by atoms with E-state index in [0.717, 1.165) is 5.56 Å². The fourth-order valence-corrected chi connectivity index (χ4v) is 2.93. The van der Waals surface area contributed by atoms with Crippen LogP contribution < -0.4 is 11.1 Å². The zero-order valence-electron chi connectivity index (χ0n) is 12.3. The van der Waals surface area contributed by atoms with Gasteiger partial charge in [0.15, 0.2) is 0 Å². The summed E-state index contributed by atoms with van der Waals surface area (Å²) < 4.78 is 38.2. The van der Waals surface area contributed by atoms with Gasteiger partial charge in [-0.25, -0.2) is 0 Å². The molecule has 3 N–H and O–H groups in total. The molecule has 6 heteroatoms. The maximum Gasteiger partial charge on any atom is 0.391 e. The highest BCUT2D eigenvalue weighted by Crippen LogP contribution is 2.37. The van der Waals surface area contributed by atoms with Crippen LogP contribution in [0.5, 0.6) is 0 Å². The molecule has 22 heavy (non-hydrogen) atoms. The number of benzene rings is 1. The van der Waals surface area contributed by atoms with Crippen LogP contribution in [0, 0.1) is 5.92 Å². The van der Waals surface area contributed by atoms with Crippen LogP contribution in [0.15, 0.2) is 24.3 Å². The van der Waals surface area contributed by atoms with E-state index < -0.39 is 12.1 Å². The average Bonchev–Trinajstić information content (AvgIpc) is 2.46. The molecule has 0 saturated heterocycles. The van der Waals surface area contributed by atoms with Crippen molar-refractivity contribution in [3.8, 4) is 0 Å². The number of aryl methyl sites for hydroxylation is 1. The fraction of sp³-hybridized carbons (Fsp3) is 0.562. The van der Waals surface area contributed by atoms with Crippen molar-refractivity contribution in [2.75, 3.05) is 5.73 Å². The van der Waals surface area contributed by atoms with Crippen LogP contribution in [-0.2, 0) is 11.2 Å². The second-order valence-corrected chi connectivity index (χ2v) is 5.87. The first kappa shape index (κ1) is 16.6. The zero-order chi connectivity index (χ0) is 16.2. The van der Waals surface area contributed by atoms with Gasteiger partial charge in [-0.15, -0.1) is 0 Å². The minimum absolute atomic E-state index is 0.0112. The molecule has 1 fully saturated rings. The molecule has 1 aromatic carbocycles. The maximum atomic E-state index is 12.7. The van der Waals surface area contributed by atoms with Gasteiger partial charge in [-0.05, 0) is 37.3 Å². The number of carbonyl (C=O) groups excluding carboxylic acids is 1. The van der Waals surface area contributed by atoms with Gasteiger partial charge in [0.05, 0.1) is 5.92 Å². The predicted octanol–water partition coefficient (Wildman–Crippen LogP) is 3.44. The number of nitrogens with two attached hydrogens (primary N) is 1. The molecular weight excluding hydrogens is 293 g/mol. The van der Waals surface area contributed by atoms with E-state index in [-0.39, 0.29) is 31.2 Å². The number of anilines is 1. The van der Waals surface area contributed by atoms with Gasteiger partial charge in [0.25, 0.3) is 0 Å². The first-order valence-electron chi connectivity index (χ1n) is 7.55. The molecule has 0 aliphatic heterocycles. The summed E-state index contributed by atoms with van der Waals surface area (Å²) in [7, 11) is 0. The minimum Gasteiger partial charge on any atom is -0.399 e. The number of carbonyl (C=O) groups is 1. The lowest BCUT2D eigenvalue weighted by atomic mass is 9.85. The predicted molar refractivity (Wildman–Crippen MR) is 79.1 cm³/mol. The molecule has 3 nitrogen and oxygen atoms in total. The monoisotopic (exact) mass is 314 g/mol. The molecule has 0 heterocycles. The third-order valence-corrected chi connectivity index (χ3v) is 4.18. The standard InChI is InChI=1S/C16H21F3N2O/c17-16(18,19)12-5-3-6-13(10-12)21-15(22)9-8-11-4-1-2-7-14(11)20/h1-2,4,7,12-13H,3,5-6,8-10,20H2,(H,21,22). The number of amides is 1. The molecule has 2 unspecified atom stereocenters. The molecule has 2 rings (SSSR count).